The first-order chi connectivity index (χ1) is 13.1. The highest BCUT2D eigenvalue weighted by atomic mass is 16.4. The van der Waals surface area contributed by atoms with Crippen LogP contribution >= 0.6 is 0 Å². The van der Waals surface area contributed by atoms with Crippen LogP contribution in [0.15, 0.2) is 42.6 Å². The molecule has 1 aliphatic rings. The number of hydrogen-bond acceptors (Lipinski definition) is 3. The summed E-state index contributed by atoms with van der Waals surface area (Å²) in [5.74, 6) is -0.486. The van der Waals surface area contributed by atoms with Crippen molar-refractivity contribution in [2.45, 2.75) is 51.0 Å². The van der Waals surface area contributed by atoms with Gasteiger partial charge in [0.1, 0.15) is 6.54 Å². The zero-order valence-corrected chi connectivity index (χ0v) is 15.6. The number of likely N-dealkylation sites (tertiary alicyclic amines) is 1. The quantitative estimate of drug-likeness (QED) is 0.726. The van der Waals surface area contributed by atoms with Gasteiger partial charge in [-0.2, -0.15) is 5.10 Å². The summed E-state index contributed by atoms with van der Waals surface area (Å²) in [6.45, 7) is 1.36. The summed E-state index contributed by atoms with van der Waals surface area (Å²) in [7, 11) is 0. The molecule has 1 fully saturated rings. The van der Waals surface area contributed by atoms with E-state index in [2.05, 4.69) is 17.2 Å². The summed E-state index contributed by atoms with van der Waals surface area (Å²) >= 11 is 0. The molecule has 0 radical (unpaired) electrons. The number of carboxylic acid groups (broad SMARTS) is 1. The smallest absolute Gasteiger partial charge is 0.325 e. The van der Waals surface area contributed by atoms with Crippen molar-refractivity contribution in [1.29, 1.82) is 0 Å². The van der Waals surface area contributed by atoms with Crippen molar-refractivity contribution in [2.75, 3.05) is 13.1 Å². The van der Waals surface area contributed by atoms with E-state index in [1.165, 1.54) is 10.2 Å². The maximum Gasteiger partial charge on any atom is 0.325 e. The Hall–Kier alpha value is -2.63. The summed E-state index contributed by atoms with van der Waals surface area (Å²) in [5, 5.41) is 13.2. The third-order valence-electron chi connectivity index (χ3n) is 5.10. The van der Waals surface area contributed by atoms with E-state index in [1.807, 2.05) is 29.2 Å². The number of rotatable bonds is 8. The molecule has 3 rings (SSSR count). The Morgan fingerprint density at radius 3 is 2.74 bits per heavy atom. The second-order valence-corrected chi connectivity index (χ2v) is 7.20. The van der Waals surface area contributed by atoms with Gasteiger partial charge in [-0.05, 0) is 43.7 Å². The SMILES string of the molecule is O=C(O)Cn1ccc(C2CCCN(C(=O)CCCCc3ccccc3)C2)n1. The zero-order valence-electron chi connectivity index (χ0n) is 15.6. The summed E-state index contributed by atoms with van der Waals surface area (Å²) in [4.78, 5) is 25.3. The van der Waals surface area contributed by atoms with Gasteiger partial charge in [-0.1, -0.05) is 30.3 Å². The Morgan fingerprint density at radius 2 is 1.96 bits per heavy atom. The molecule has 1 aromatic carbocycles. The van der Waals surface area contributed by atoms with Crippen molar-refractivity contribution in [3.8, 4) is 0 Å². The number of hydrogen-bond donors (Lipinski definition) is 1. The lowest BCUT2D eigenvalue weighted by Gasteiger charge is -2.32. The van der Waals surface area contributed by atoms with Crippen molar-refractivity contribution in [2.24, 2.45) is 0 Å². The number of unbranched alkanes of at least 4 members (excludes halogenated alkanes) is 1. The molecule has 0 bridgehead atoms. The van der Waals surface area contributed by atoms with Crippen molar-refractivity contribution < 1.29 is 14.7 Å². The third-order valence-corrected chi connectivity index (χ3v) is 5.10. The van der Waals surface area contributed by atoms with E-state index in [-0.39, 0.29) is 18.4 Å². The van der Waals surface area contributed by atoms with E-state index in [9.17, 15) is 9.59 Å². The highest BCUT2D eigenvalue weighted by molar-refractivity contribution is 5.76. The largest absolute Gasteiger partial charge is 0.480 e. The molecular weight excluding hydrogens is 342 g/mol. The van der Waals surface area contributed by atoms with Crippen molar-refractivity contribution in [1.82, 2.24) is 14.7 Å². The van der Waals surface area contributed by atoms with Gasteiger partial charge in [-0.15, -0.1) is 0 Å². The number of carbonyl (C=O) groups is 2. The van der Waals surface area contributed by atoms with Crippen LogP contribution in [-0.2, 0) is 22.6 Å². The van der Waals surface area contributed by atoms with Gasteiger partial charge in [-0.25, -0.2) is 0 Å². The lowest BCUT2D eigenvalue weighted by molar-refractivity contribution is -0.138. The highest BCUT2D eigenvalue weighted by Crippen LogP contribution is 2.26. The first kappa shape index (κ1) is 19.1. The fourth-order valence-electron chi connectivity index (χ4n) is 3.67. The minimum atomic E-state index is -0.902. The van der Waals surface area contributed by atoms with Crippen LogP contribution in [0.25, 0.3) is 0 Å². The number of benzene rings is 1. The average Bonchev–Trinajstić information content (AvgIpc) is 3.14. The van der Waals surface area contributed by atoms with E-state index in [1.54, 1.807) is 6.20 Å². The molecule has 0 spiro atoms. The normalized spacial score (nSPS) is 17.0. The van der Waals surface area contributed by atoms with E-state index < -0.39 is 5.97 Å². The molecule has 1 aromatic heterocycles. The summed E-state index contributed by atoms with van der Waals surface area (Å²) in [6, 6.07) is 12.2. The molecule has 27 heavy (non-hydrogen) atoms. The molecule has 1 N–H and O–H groups in total. The fraction of sp³-hybridized carbons (Fsp3) is 0.476. The van der Waals surface area contributed by atoms with Gasteiger partial charge in [0.15, 0.2) is 0 Å². The van der Waals surface area contributed by atoms with Crippen LogP contribution in [0, 0.1) is 0 Å². The first-order valence-corrected chi connectivity index (χ1v) is 9.68. The molecule has 1 amide bonds. The van der Waals surface area contributed by atoms with Gasteiger partial charge in [0, 0.05) is 31.6 Å². The van der Waals surface area contributed by atoms with Gasteiger partial charge in [0.2, 0.25) is 5.91 Å². The number of carboxylic acids is 1. The van der Waals surface area contributed by atoms with E-state index >= 15 is 0 Å². The van der Waals surface area contributed by atoms with Gasteiger partial charge in [-0.3, -0.25) is 14.3 Å². The zero-order chi connectivity index (χ0) is 19.1. The molecule has 6 heteroatoms. The Balaban J connectivity index is 1.45. The molecular formula is C21H27N3O3. The number of piperidine rings is 1. The number of aromatic nitrogens is 2. The lowest BCUT2D eigenvalue weighted by Crippen LogP contribution is -2.39. The number of aryl methyl sites for hydroxylation is 1. The number of aliphatic carboxylic acids is 1. The first-order valence-electron chi connectivity index (χ1n) is 9.68. The van der Waals surface area contributed by atoms with Crippen LogP contribution in [0.5, 0.6) is 0 Å². The van der Waals surface area contributed by atoms with Crippen LogP contribution in [0.4, 0.5) is 0 Å². The molecule has 1 atom stereocenters. The Morgan fingerprint density at radius 1 is 1.15 bits per heavy atom. The predicted molar refractivity (Wildman–Crippen MR) is 102 cm³/mol. The predicted octanol–water partition coefficient (Wildman–Crippen LogP) is 3.09. The topological polar surface area (TPSA) is 75.4 Å². The summed E-state index contributed by atoms with van der Waals surface area (Å²) < 4.78 is 1.45. The van der Waals surface area contributed by atoms with Crippen molar-refractivity contribution in [3.05, 3.63) is 53.9 Å². The molecule has 144 valence electrons. The molecule has 1 unspecified atom stereocenters. The fourth-order valence-corrected chi connectivity index (χ4v) is 3.67. The Labute approximate surface area is 159 Å². The van der Waals surface area contributed by atoms with Gasteiger partial charge in [0.05, 0.1) is 5.69 Å². The van der Waals surface area contributed by atoms with Gasteiger partial charge >= 0.3 is 5.97 Å². The highest BCUT2D eigenvalue weighted by Gasteiger charge is 2.26. The monoisotopic (exact) mass is 369 g/mol. The molecule has 2 heterocycles. The van der Waals surface area contributed by atoms with Crippen LogP contribution in [0.2, 0.25) is 0 Å². The minimum absolute atomic E-state index is 0.128. The Bertz CT molecular complexity index is 757. The second-order valence-electron chi connectivity index (χ2n) is 7.20. The summed E-state index contributed by atoms with van der Waals surface area (Å²) in [6.07, 6.45) is 7.18. The van der Waals surface area contributed by atoms with Gasteiger partial charge < -0.3 is 10.0 Å². The third kappa shape index (κ3) is 5.67. The maximum absolute atomic E-state index is 12.6. The van der Waals surface area contributed by atoms with E-state index in [0.717, 1.165) is 44.3 Å². The molecule has 1 aliphatic heterocycles. The molecule has 2 aromatic rings. The second kappa shape index (κ2) is 9.35. The van der Waals surface area contributed by atoms with Crippen LogP contribution in [-0.4, -0.2) is 44.8 Å². The number of nitrogens with zero attached hydrogens (tertiary/aromatic N) is 3. The maximum atomic E-state index is 12.6. The molecule has 1 saturated heterocycles. The molecule has 0 aliphatic carbocycles. The van der Waals surface area contributed by atoms with E-state index in [4.69, 9.17) is 5.11 Å². The molecule has 0 saturated carbocycles. The summed E-state index contributed by atoms with van der Waals surface area (Å²) in [5.41, 5.74) is 2.21. The number of carbonyl (C=O) groups excluding carboxylic acids is 1. The number of amides is 1. The Kier molecular flexibility index (Phi) is 6.63. The van der Waals surface area contributed by atoms with Crippen LogP contribution in [0.3, 0.4) is 0 Å². The van der Waals surface area contributed by atoms with Crippen molar-refractivity contribution >= 4 is 11.9 Å². The van der Waals surface area contributed by atoms with Gasteiger partial charge in [0.25, 0.3) is 0 Å². The standard InChI is InChI=1S/C21H27N3O3/c25-20(11-5-4-9-17-7-2-1-3-8-17)23-13-6-10-18(15-23)19-12-14-24(22-19)16-21(26)27/h1-3,7-8,12,14,18H,4-6,9-11,13,15-16H2,(H,26,27). The lowest BCUT2D eigenvalue weighted by atomic mass is 9.94. The van der Waals surface area contributed by atoms with Crippen molar-refractivity contribution in [3.63, 3.8) is 0 Å². The molecule has 6 nitrogen and oxygen atoms in total. The average molecular weight is 369 g/mol. The minimum Gasteiger partial charge on any atom is -0.480 e. The van der Waals surface area contributed by atoms with E-state index in [0.29, 0.717) is 13.0 Å². The van der Waals surface area contributed by atoms with Crippen LogP contribution < -0.4 is 0 Å². The van der Waals surface area contributed by atoms with Crippen LogP contribution in [0.1, 0.15) is 49.3 Å².